The molecule has 1 aromatic rings. The van der Waals surface area contributed by atoms with Gasteiger partial charge in [-0.25, -0.2) is 0 Å². The van der Waals surface area contributed by atoms with E-state index in [1.165, 1.54) is 0 Å². The molecule has 22 heavy (non-hydrogen) atoms. The molecule has 0 spiro atoms. The molecule has 0 unspecified atom stereocenters. The number of piperidine rings is 1. The second-order valence-electron chi connectivity index (χ2n) is 5.53. The lowest BCUT2D eigenvalue weighted by Gasteiger charge is -2.32. The quantitative estimate of drug-likeness (QED) is 0.467. The summed E-state index contributed by atoms with van der Waals surface area (Å²) < 4.78 is 5.37. The molecule has 1 saturated heterocycles. The van der Waals surface area contributed by atoms with Crippen molar-refractivity contribution in [3.05, 3.63) is 27.4 Å². The lowest BCUT2D eigenvalue weighted by molar-refractivity contribution is -0.497. The Morgan fingerprint density at radius 1 is 1.36 bits per heavy atom. The van der Waals surface area contributed by atoms with E-state index in [9.17, 15) is 14.9 Å². The zero-order valence-corrected chi connectivity index (χ0v) is 12.5. The molecule has 1 aromatic heterocycles. The van der Waals surface area contributed by atoms with Crippen LogP contribution in [0, 0.1) is 16.0 Å². The minimum absolute atomic E-state index is 0.183. The predicted molar refractivity (Wildman–Crippen MR) is 77.3 cm³/mol. The summed E-state index contributed by atoms with van der Waals surface area (Å²) in [6.45, 7) is 1.38. The highest BCUT2D eigenvalue weighted by atomic mass is 35.5. The first-order valence-corrected chi connectivity index (χ1v) is 7.50. The second-order valence-corrected chi connectivity index (χ2v) is 5.92. The summed E-state index contributed by atoms with van der Waals surface area (Å²) in [6.07, 6.45) is 1.46. The summed E-state index contributed by atoms with van der Waals surface area (Å²) in [5.74, 6) is -0.258. The third-order valence-corrected chi connectivity index (χ3v) is 4.20. The number of halogens is 1. The van der Waals surface area contributed by atoms with Gasteiger partial charge < -0.3 is 9.64 Å². The van der Waals surface area contributed by atoms with Crippen LogP contribution in [-0.4, -0.2) is 46.3 Å². The van der Waals surface area contributed by atoms with Gasteiger partial charge in [-0.1, -0.05) is 11.6 Å². The maximum Gasteiger partial charge on any atom is 0.316 e. The molecule has 1 aliphatic carbocycles. The summed E-state index contributed by atoms with van der Waals surface area (Å²) in [5, 5.41) is 18.7. The standard InChI is InChI=1S/C13H15ClN4O4/c14-11-1-2-12(16-15-11)17-5-3-8(4-6-17)22-13(19)9-7-10(9)18(20)21/h1-2,8-10H,3-7H2/t9-,10+/m1/s1. The Balaban J connectivity index is 1.47. The van der Waals surface area contributed by atoms with Crippen molar-refractivity contribution < 1.29 is 14.5 Å². The molecule has 9 heteroatoms. The zero-order valence-electron chi connectivity index (χ0n) is 11.7. The summed E-state index contributed by atoms with van der Waals surface area (Å²) >= 11 is 5.70. The van der Waals surface area contributed by atoms with Gasteiger partial charge in [0.15, 0.2) is 11.0 Å². The number of ether oxygens (including phenoxy) is 1. The molecule has 0 amide bonds. The average molecular weight is 327 g/mol. The number of rotatable bonds is 4. The van der Waals surface area contributed by atoms with Crippen molar-refractivity contribution in [1.82, 2.24) is 10.2 Å². The molecule has 1 aliphatic heterocycles. The van der Waals surface area contributed by atoms with Crippen LogP contribution < -0.4 is 4.90 Å². The van der Waals surface area contributed by atoms with Crippen LogP contribution in [0.15, 0.2) is 12.1 Å². The van der Waals surface area contributed by atoms with Crippen LogP contribution in [0.25, 0.3) is 0 Å². The van der Waals surface area contributed by atoms with Crippen LogP contribution in [0.4, 0.5) is 5.82 Å². The summed E-state index contributed by atoms with van der Waals surface area (Å²) in [4.78, 5) is 24.0. The van der Waals surface area contributed by atoms with E-state index in [-0.39, 0.29) is 6.10 Å². The van der Waals surface area contributed by atoms with E-state index in [4.69, 9.17) is 16.3 Å². The number of nitro groups is 1. The maximum absolute atomic E-state index is 11.8. The van der Waals surface area contributed by atoms with Gasteiger partial charge in [0.2, 0.25) is 6.04 Å². The van der Waals surface area contributed by atoms with E-state index in [0.717, 1.165) is 5.82 Å². The molecule has 0 aromatic carbocycles. The van der Waals surface area contributed by atoms with Crippen molar-refractivity contribution in [2.75, 3.05) is 18.0 Å². The Hall–Kier alpha value is -1.96. The highest BCUT2D eigenvalue weighted by Gasteiger charge is 2.55. The highest BCUT2D eigenvalue weighted by molar-refractivity contribution is 6.29. The lowest BCUT2D eigenvalue weighted by Crippen LogP contribution is -2.38. The minimum Gasteiger partial charge on any atom is -0.462 e. The van der Waals surface area contributed by atoms with Crippen LogP contribution in [0.1, 0.15) is 19.3 Å². The van der Waals surface area contributed by atoms with Crippen molar-refractivity contribution in [3.8, 4) is 0 Å². The van der Waals surface area contributed by atoms with Crippen LogP contribution >= 0.6 is 11.6 Å². The number of hydrogen-bond donors (Lipinski definition) is 0. The van der Waals surface area contributed by atoms with Crippen LogP contribution in [0.2, 0.25) is 5.15 Å². The van der Waals surface area contributed by atoms with E-state index in [1.54, 1.807) is 12.1 Å². The van der Waals surface area contributed by atoms with Crippen LogP contribution in [0.5, 0.6) is 0 Å². The fraction of sp³-hybridized carbons (Fsp3) is 0.615. The normalized spacial score (nSPS) is 24.9. The SMILES string of the molecule is O=C(OC1CCN(c2ccc(Cl)nn2)CC1)[C@@H]1C[C@@H]1[N+](=O)[O-]. The molecule has 2 aliphatic rings. The molecule has 2 heterocycles. The van der Waals surface area contributed by atoms with Gasteiger partial charge in [-0.2, -0.15) is 0 Å². The van der Waals surface area contributed by atoms with Crippen molar-refractivity contribution in [2.45, 2.75) is 31.4 Å². The number of esters is 1. The number of carbonyl (C=O) groups excluding carboxylic acids is 1. The van der Waals surface area contributed by atoms with Crippen molar-refractivity contribution in [3.63, 3.8) is 0 Å². The van der Waals surface area contributed by atoms with Crippen LogP contribution in [0.3, 0.4) is 0 Å². The largest absolute Gasteiger partial charge is 0.462 e. The number of carbonyl (C=O) groups is 1. The van der Waals surface area contributed by atoms with E-state index >= 15 is 0 Å². The van der Waals surface area contributed by atoms with Gasteiger partial charge in [0.05, 0.1) is 0 Å². The molecule has 0 radical (unpaired) electrons. The Labute approximate surface area is 131 Å². The number of hydrogen-bond acceptors (Lipinski definition) is 7. The summed E-state index contributed by atoms with van der Waals surface area (Å²) in [7, 11) is 0. The van der Waals surface area contributed by atoms with E-state index in [1.807, 2.05) is 4.90 Å². The van der Waals surface area contributed by atoms with Gasteiger partial charge in [0.25, 0.3) is 0 Å². The Bertz CT molecular complexity index is 574. The molecule has 2 atom stereocenters. The molecule has 0 N–H and O–H groups in total. The fourth-order valence-electron chi connectivity index (χ4n) is 2.60. The first kappa shape index (κ1) is 15.0. The van der Waals surface area contributed by atoms with Gasteiger partial charge in [-0.3, -0.25) is 14.9 Å². The molecule has 0 bridgehead atoms. The van der Waals surface area contributed by atoms with Crippen LogP contribution in [-0.2, 0) is 9.53 Å². The van der Waals surface area contributed by atoms with Crippen molar-refractivity contribution in [1.29, 1.82) is 0 Å². The monoisotopic (exact) mass is 326 g/mol. The second kappa shape index (κ2) is 6.04. The zero-order chi connectivity index (χ0) is 15.7. The highest BCUT2D eigenvalue weighted by Crippen LogP contribution is 2.35. The minimum atomic E-state index is -0.753. The third-order valence-electron chi connectivity index (χ3n) is 4.00. The average Bonchev–Trinajstić information content (AvgIpc) is 3.30. The molecule has 118 valence electrons. The first-order chi connectivity index (χ1) is 10.5. The smallest absolute Gasteiger partial charge is 0.316 e. The number of nitrogens with zero attached hydrogens (tertiary/aromatic N) is 4. The molecule has 1 saturated carbocycles. The van der Waals surface area contributed by atoms with E-state index < -0.39 is 22.9 Å². The molecule has 2 fully saturated rings. The lowest BCUT2D eigenvalue weighted by atomic mass is 10.1. The Kier molecular flexibility index (Phi) is 4.10. The van der Waals surface area contributed by atoms with Gasteiger partial charge in [-0.05, 0) is 12.1 Å². The van der Waals surface area contributed by atoms with Gasteiger partial charge in [0.1, 0.15) is 12.0 Å². The number of anilines is 1. The van der Waals surface area contributed by atoms with E-state index in [0.29, 0.717) is 37.5 Å². The first-order valence-electron chi connectivity index (χ1n) is 7.13. The number of aromatic nitrogens is 2. The summed E-state index contributed by atoms with van der Waals surface area (Å²) in [5.41, 5.74) is 0. The van der Waals surface area contributed by atoms with Crippen molar-refractivity contribution >= 4 is 23.4 Å². The molecular weight excluding hydrogens is 312 g/mol. The van der Waals surface area contributed by atoms with Gasteiger partial charge in [0, 0.05) is 37.3 Å². The van der Waals surface area contributed by atoms with Gasteiger partial charge in [-0.15, -0.1) is 10.2 Å². The van der Waals surface area contributed by atoms with E-state index in [2.05, 4.69) is 10.2 Å². The molecule has 8 nitrogen and oxygen atoms in total. The topological polar surface area (TPSA) is 98.5 Å². The Morgan fingerprint density at radius 3 is 2.64 bits per heavy atom. The predicted octanol–water partition coefficient (Wildman–Crippen LogP) is 1.31. The van der Waals surface area contributed by atoms with Gasteiger partial charge >= 0.3 is 5.97 Å². The third kappa shape index (κ3) is 3.27. The molecular formula is C13H15ClN4O4. The van der Waals surface area contributed by atoms with Crippen molar-refractivity contribution in [2.24, 2.45) is 5.92 Å². The summed E-state index contributed by atoms with van der Waals surface area (Å²) in [6, 6.07) is 2.73. The molecule has 3 rings (SSSR count). The Morgan fingerprint density at radius 2 is 2.09 bits per heavy atom. The maximum atomic E-state index is 11.8. The fourth-order valence-corrected chi connectivity index (χ4v) is 2.70.